The monoisotopic (exact) mass is 350 g/mol. The normalized spacial score (nSPS) is 17.8. The van der Waals surface area contributed by atoms with Gasteiger partial charge in [-0.15, -0.1) is 0 Å². The number of hydrogen-bond acceptors (Lipinski definition) is 3. The van der Waals surface area contributed by atoms with Crippen LogP contribution in [0.2, 0.25) is 0 Å². The number of nitrogens with zero attached hydrogens (tertiary/aromatic N) is 2. The number of carbonyl (C=O) groups excluding carboxylic acids is 3. The maximum absolute atomic E-state index is 11.3. The molecular formula is C14H19FeN2O3P. The Morgan fingerprint density at radius 2 is 1.76 bits per heavy atom. The second-order valence-electron chi connectivity index (χ2n) is 4.68. The average molecular weight is 350 g/mol. The van der Waals surface area contributed by atoms with Gasteiger partial charge in [-0.05, 0) is 27.1 Å². The van der Waals surface area contributed by atoms with Crippen LogP contribution in [0, 0.1) is 0 Å². The van der Waals surface area contributed by atoms with Crippen LogP contribution in [0.4, 0.5) is 0 Å². The summed E-state index contributed by atoms with van der Waals surface area (Å²) in [7, 11) is 3.92. The summed E-state index contributed by atoms with van der Waals surface area (Å²) in [6.07, 6.45) is 3.66. The molecule has 0 aromatic carbocycles. The summed E-state index contributed by atoms with van der Waals surface area (Å²) in [5.74, 6) is 5.35. The Bertz CT molecular complexity index is 571. The zero-order valence-corrected chi connectivity index (χ0v) is 14.4. The molecular weight excluding hydrogens is 331 g/mol. The largest absolute Gasteiger partial charge is 0.267 e. The summed E-state index contributed by atoms with van der Waals surface area (Å²) in [5.41, 5.74) is 1.02. The standard InChI is InChI=1S/C14H19N2O3P.Fe/c1-4-20(11-5-9-17,13(12-19)6-10-18)14-15(2)7-8-16(14)3;/h5-6H,4,7-8,11H2,1-3H3;. The van der Waals surface area contributed by atoms with Crippen LogP contribution in [0.1, 0.15) is 6.92 Å². The van der Waals surface area contributed by atoms with E-state index in [1.54, 1.807) is 11.9 Å². The summed E-state index contributed by atoms with van der Waals surface area (Å²) in [4.78, 5) is 36.8. The van der Waals surface area contributed by atoms with Crippen molar-refractivity contribution in [1.29, 1.82) is 0 Å². The van der Waals surface area contributed by atoms with E-state index in [1.807, 2.05) is 27.0 Å². The Kier molecular flexibility index (Phi) is 8.78. The Labute approximate surface area is 135 Å². The van der Waals surface area contributed by atoms with Crippen LogP contribution in [0.25, 0.3) is 0 Å². The molecule has 0 spiro atoms. The van der Waals surface area contributed by atoms with E-state index in [4.69, 9.17) is 0 Å². The van der Waals surface area contributed by atoms with Crippen LogP contribution in [-0.4, -0.2) is 72.7 Å². The molecule has 1 aliphatic heterocycles. The molecule has 0 bridgehead atoms. The summed E-state index contributed by atoms with van der Waals surface area (Å²) in [5, 5.41) is 0.331. The molecule has 1 atom stereocenters. The topological polar surface area (TPSA) is 57.7 Å². The van der Waals surface area contributed by atoms with E-state index >= 15 is 0 Å². The van der Waals surface area contributed by atoms with Crippen molar-refractivity contribution in [2.75, 3.05) is 39.5 Å². The fourth-order valence-electron chi connectivity index (χ4n) is 2.66. The summed E-state index contributed by atoms with van der Waals surface area (Å²) < 4.78 is 0. The van der Waals surface area contributed by atoms with Crippen molar-refractivity contribution in [3.05, 3.63) is 17.5 Å². The molecule has 0 N–H and O–H groups in total. The van der Waals surface area contributed by atoms with Crippen molar-refractivity contribution in [2.45, 2.75) is 6.92 Å². The second kappa shape index (κ2) is 9.18. The summed E-state index contributed by atoms with van der Waals surface area (Å²) >= 11 is 0. The van der Waals surface area contributed by atoms with Gasteiger partial charge in [0, 0.05) is 48.5 Å². The van der Waals surface area contributed by atoms with E-state index in [2.05, 4.69) is 9.80 Å². The van der Waals surface area contributed by atoms with Crippen molar-refractivity contribution in [3.8, 4) is 0 Å². The van der Waals surface area contributed by atoms with E-state index < -0.39 is 6.89 Å². The fraction of sp³-hybridized carbons (Fsp3) is 0.500. The third-order valence-electron chi connectivity index (χ3n) is 3.62. The van der Waals surface area contributed by atoms with Crippen LogP contribution in [0.3, 0.4) is 0 Å². The van der Waals surface area contributed by atoms with Crippen LogP contribution in [0.5, 0.6) is 0 Å². The number of hydrogen-bond donors (Lipinski definition) is 0. The van der Waals surface area contributed by atoms with Gasteiger partial charge in [0.05, 0.1) is 10.9 Å². The molecule has 0 saturated carbocycles. The van der Waals surface area contributed by atoms with Crippen molar-refractivity contribution < 1.29 is 31.5 Å². The predicted octanol–water partition coefficient (Wildman–Crippen LogP) is 0.477. The molecule has 0 amide bonds. The van der Waals surface area contributed by atoms with Gasteiger partial charge in [-0.1, -0.05) is 6.92 Å². The minimum atomic E-state index is -2.15. The van der Waals surface area contributed by atoms with E-state index in [0.29, 0.717) is 17.6 Å². The molecule has 1 heterocycles. The third kappa shape index (κ3) is 4.05. The Hall–Kier alpha value is -0.911. The summed E-state index contributed by atoms with van der Waals surface area (Å²) in [6.45, 7) is 1.53. The van der Waals surface area contributed by atoms with Crippen molar-refractivity contribution in [2.24, 2.45) is 0 Å². The van der Waals surface area contributed by atoms with Crippen molar-refractivity contribution in [3.63, 3.8) is 0 Å². The van der Waals surface area contributed by atoms with Gasteiger partial charge in [0.1, 0.15) is 17.8 Å². The Morgan fingerprint density at radius 1 is 1.19 bits per heavy atom. The zero-order valence-electron chi connectivity index (χ0n) is 12.4. The van der Waals surface area contributed by atoms with Gasteiger partial charge < -0.3 is 0 Å². The first-order valence-corrected chi connectivity index (χ1v) is 8.56. The van der Waals surface area contributed by atoms with Crippen LogP contribution >= 0.6 is 6.89 Å². The minimum Gasteiger partial charge on any atom is -0.267 e. The molecule has 7 heteroatoms. The van der Waals surface area contributed by atoms with Gasteiger partial charge >= 0.3 is 0 Å². The molecule has 5 nitrogen and oxygen atoms in total. The Morgan fingerprint density at radius 3 is 2.14 bits per heavy atom. The van der Waals surface area contributed by atoms with Gasteiger partial charge in [0.25, 0.3) is 0 Å². The van der Waals surface area contributed by atoms with Gasteiger partial charge in [0.15, 0.2) is 0 Å². The quantitative estimate of drug-likeness (QED) is 0.312. The molecule has 1 saturated heterocycles. The molecule has 0 aliphatic carbocycles. The van der Waals surface area contributed by atoms with Crippen LogP contribution in [0.15, 0.2) is 17.5 Å². The zero-order chi connectivity index (χ0) is 15.2. The first-order chi connectivity index (χ1) is 9.57. The number of likely N-dealkylation sites (N-methyl/N-ethyl adjacent to an activating group) is 2. The molecule has 0 aromatic heterocycles. The molecule has 1 unspecified atom stereocenters. The van der Waals surface area contributed by atoms with E-state index in [1.165, 1.54) is 6.08 Å². The van der Waals surface area contributed by atoms with E-state index in [9.17, 15) is 14.4 Å². The summed E-state index contributed by atoms with van der Waals surface area (Å²) in [6, 6.07) is 0. The molecule has 1 fully saturated rings. The van der Waals surface area contributed by atoms with Crippen LogP contribution in [-0.2, 0) is 31.5 Å². The maximum atomic E-state index is 11.3. The molecule has 0 radical (unpaired) electrons. The Balaban J connectivity index is 0.00000400. The van der Waals surface area contributed by atoms with Gasteiger partial charge in [-0.2, -0.15) is 0 Å². The molecule has 0 aromatic rings. The fourth-order valence-corrected chi connectivity index (χ4v) is 6.49. The third-order valence-corrected chi connectivity index (χ3v) is 8.10. The smallest absolute Gasteiger partial charge is 0.133 e. The molecule has 1 aliphatic rings. The minimum absolute atomic E-state index is 0. The van der Waals surface area contributed by atoms with Crippen molar-refractivity contribution >= 4 is 30.3 Å². The second-order valence-corrected chi connectivity index (χ2v) is 8.50. The predicted molar refractivity (Wildman–Crippen MR) is 82.3 cm³/mol. The van der Waals surface area contributed by atoms with E-state index in [-0.39, 0.29) is 17.1 Å². The van der Waals surface area contributed by atoms with Crippen LogP contribution < -0.4 is 0 Å². The molecule has 116 valence electrons. The number of allylic oxidation sites excluding steroid dienone is 3. The first kappa shape index (κ1) is 20.1. The van der Waals surface area contributed by atoms with Gasteiger partial charge in [0.2, 0.25) is 0 Å². The molecule has 1 rings (SSSR count). The SMILES string of the molecule is CCP(CC=C=O)(C(=C=O)C=C=O)=C1N(C)CCN1C.[Fe]. The van der Waals surface area contributed by atoms with Crippen molar-refractivity contribution in [1.82, 2.24) is 9.80 Å². The number of rotatable bonds is 5. The van der Waals surface area contributed by atoms with Gasteiger partial charge in [-0.25, -0.2) is 14.4 Å². The van der Waals surface area contributed by atoms with Gasteiger partial charge in [-0.3, -0.25) is 9.80 Å². The molecule has 21 heavy (non-hydrogen) atoms. The van der Waals surface area contributed by atoms with E-state index in [0.717, 1.165) is 24.7 Å². The maximum Gasteiger partial charge on any atom is 0.133 e. The average Bonchev–Trinajstić information content (AvgIpc) is 2.79. The first-order valence-electron chi connectivity index (χ1n) is 6.40.